The maximum atomic E-state index is 13.7. The second-order valence-electron chi connectivity index (χ2n) is 8.83. The summed E-state index contributed by atoms with van der Waals surface area (Å²) in [5.74, 6) is 1.47. The van der Waals surface area contributed by atoms with Crippen molar-refractivity contribution in [3.63, 3.8) is 0 Å². The molecule has 4 aromatic rings. The van der Waals surface area contributed by atoms with Gasteiger partial charge < -0.3 is 19.9 Å². The van der Waals surface area contributed by atoms with Crippen LogP contribution in [-0.4, -0.2) is 39.9 Å². The minimum Gasteiger partial charge on any atom is -0.492 e. The lowest BCUT2D eigenvalue weighted by atomic mass is 10.1. The van der Waals surface area contributed by atoms with Crippen molar-refractivity contribution >= 4 is 29.3 Å². The number of nitrogens with zero attached hydrogens (tertiary/aromatic N) is 5. The Labute approximate surface area is 215 Å². The van der Waals surface area contributed by atoms with Gasteiger partial charge in [0.2, 0.25) is 0 Å². The fourth-order valence-corrected chi connectivity index (χ4v) is 4.74. The summed E-state index contributed by atoms with van der Waals surface area (Å²) in [5.41, 5.74) is 8.42. The fraction of sp³-hybridized carbons (Fsp3) is 0.296. The number of aromatic nitrogens is 3. The molecule has 0 aliphatic carbocycles. The lowest BCUT2D eigenvalue weighted by Crippen LogP contribution is -2.44. The topological polar surface area (TPSA) is 102 Å². The third kappa shape index (κ3) is 5.08. The van der Waals surface area contributed by atoms with Gasteiger partial charge in [0, 0.05) is 25.7 Å². The van der Waals surface area contributed by atoms with Crippen molar-refractivity contribution in [1.82, 2.24) is 14.1 Å². The predicted molar refractivity (Wildman–Crippen MR) is 143 cm³/mol. The Morgan fingerprint density at radius 1 is 1.11 bits per heavy atom. The van der Waals surface area contributed by atoms with Gasteiger partial charge in [-0.15, -0.1) is 12.4 Å². The average molecular weight is 505 g/mol. The Hall–Kier alpha value is -3.80. The van der Waals surface area contributed by atoms with E-state index in [2.05, 4.69) is 16.0 Å². The Morgan fingerprint density at radius 2 is 1.83 bits per heavy atom. The van der Waals surface area contributed by atoms with Gasteiger partial charge in [0.25, 0.3) is 5.56 Å². The first-order valence-electron chi connectivity index (χ1n) is 11.9. The highest BCUT2D eigenvalue weighted by molar-refractivity contribution is 5.89. The summed E-state index contributed by atoms with van der Waals surface area (Å²) >= 11 is 0. The molecule has 8 nitrogen and oxygen atoms in total. The first-order valence-corrected chi connectivity index (χ1v) is 11.9. The third-order valence-corrected chi connectivity index (χ3v) is 6.40. The SMILES string of the molecule is Cl.N#Cc1c(N2CCCC(N)C2)n(Cc2ccccc2)c2c(=O)n(CCOc3ccccc3)cnc12. The second-order valence-corrected chi connectivity index (χ2v) is 8.83. The van der Waals surface area contributed by atoms with Crippen molar-refractivity contribution in [3.05, 3.63) is 88.5 Å². The molecular formula is C27H29ClN6O2. The van der Waals surface area contributed by atoms with E-state index in [0.717, 1.165) is 36.5 Å². The number of hydrogen-bond acceptors (Lipinski definition) is 6. The largest absolute Gasteiger partial charge is 0.492 e. The number of ether oxygens (including phenoxy) is 1. The minimum absolute atomic E-state index is 0. The maximum Gasteiger partial charge on any atom is 0.278 e. The molecule has 36 heavy (non-hydrogen) atoms. The van der Waals surface area contributed by atoms with Gasteiger partial charge in [-0.25, -0.2) is 4.98 Å². The van der Waals surface area contributed by atoms with Crippen LogP contribution >= 0.6 is 12.4 Å². The summed E-state index contributed by atoms with van der Waals surface area (Å²) in [6, 6.07) is 21.8. The number of fused-ring (bicyclic) bond motifs is 1. The van der Waals surface area contributed by atoms with Crippen molar-refractivity contribution < 1.29 is 4.74 Å². The molecule has 0 bridgehead atoms. The molecule has 1 aliphatic rings. The van der Waals surface area contributed by atoms with Crippen molar-refractivity contribution in [2.24, 2.45) is 5.73 Å². The first-order chi connectivity index (χ1) is 17.2. The van der Waals surface area contributed by atoms with Crippen LogP contribution in [0.4, 0.5) is 5.82 Å². The molecule has 1 saturated heterocycles. The summed E-state index contributed by atoms with van der Waals surface area (Å²) in [5, 5.41) is 10.1. The van der Waals surface area contributed by atoms with Gasteiger partial charge in [0.15, 0.2) is 0 Å². The number of halogens is 1. The molecule has 186 valence electrons. The van der Waals surface area contributed by atoms with Gasteiger partial charge in [-0.1, -0.05) is 48.5 Å². The average Bonchev–Trinajstić information content (AvgIpc) is 3.20. The van der Waals surface area contributed by atoms with Crippen LogP contribution < -0.4 is 20.9 Å². The van der Waals surface area contributed by atoms with Gasteiger partial charge in [0.05, 0.1) is 12.9 Å². The molecule has 2 aromatic heterocycles. The van der Waals surface area contributed by atoms with E-state index in [1.54, 1.807) is 4.57 Å². The van der Waals surface area contributed by atoms with Crippen LogP contribution in [0.2, 0.25) is 0 Å². The number of benzene rings is 2. The molecular weight excluding hydrogens is 476 g/mol. The molecule has 0 amide bonds. The molecule has 0 radical (unpaired) electrons. The van der Waals surface area contributed by atoms with Crippen LogP contribution in [-0.2, 0) is 13.1 Å². The Morgan fingerprint density at radius 3 is 2.53 bits per heavy atom. The maximum absolute atomic E-state index is 13.7. The molecule has 0 spiro atoms. The van der Waals surface area contributed by atoms with Crippen LogP contribution in [0.1, 0.15) is 24.0 Å². The monoisotopic (exact) mass is 504 g/mol. The molecule has 3 heterocycles. The number of rotatable bonds is 7. The van der Waals surface area contributed by atoms with E-state index in [-0.39, 0.29) is 24.0 Å². The van der Waals surface area contributed by atoms with Gasteiger partial charge in [-0.3, -0.25) is 9.36 Å². The van der Waals surface area contributed by atoms with E-state index in [4.69, 9.17) is 10.5 Å². The van der Waals surface area contributed by atoms with Gasteiger partial charge in [-0.2, -0.15) is 5.26 Å². The lowest BCUT2D eigenvalue weighted by Gasteiger charge is -2.33. The van der Waals surface area contributed by atoms with E-state index < -0.39 is 0 Å². The summed E-state index contributed by atoms with van der Waals surface area (Å²) in [6.07, 6.45) is 3.40. The number of anilines is 1. The van der Waals surface area contributed by atoms with Gasteiger partial charge >= 0.3 is 0 Å². The molecule has 1 fully saturated rings. The molecule has 9 heteroatoms. The van der Waals surface area contributed by atoms with Crippen LogP contribution in [0.3, 0.4) is 0 Å². The minimum atomic E-state index is -0.188. The zero-order chi connectivity index (χ0) is 24.2. The smallest absolute Gasteiger partial charge is 0.278 e. The number of nitrogens with two attached hydrogens (primary N) is 1. The summed E-state index contributed by atoms with van der Waals surface area (Å²) < 4.78 is 9.30. The van der Waals surface area contributed by atoms with Crippen molar-refractivity contribution in [2.75, 3.05) is 24.6 Å². The molecule has 2 N–H and O–H groups in total. The van der Waals surface area contributed by atoms with Crippen LogP contribution in [0, 0.1) is 11.3 Å². The molecule has 2 aromatic carbocycles. The number of para-hydroxylation sites is 1. The lowest BCUT2D eigenvalue weighted by molar-refractivity contribution is 0.296. The Bertz CT molecular complexity index is 1410. The summed E-state index contributed by atoms with van der Waals surface area (Å²) in [7, 11) is 0. The first kappa shape index (κ1) is 25.3. The van der Waals surface area contributed by atoms with Crippen molar-refractivity contribution in [1.29, 1.82) is 5.26 Å². The van der Waals surface area contributed by atoms with E-state index in [1.807, 2.05) is 65.2 Å². The Kier molecular flexibility index (Phi) is 7.93. The highest BCUT2D eigenvalue weighted by Crippen LogP contribution is 2.32. The van der Waals surface area contributed by atoms with E-state index in [0.29, 0.717) is 42.8 Å². The zero-order valence-corrected chi connectivity index (χ0v) is 20.7. The van der Waals surface area contributed by atoms with Crippen molar-refractivity contribution in [3.8, 4) is 11.8 Å². The van der Waals surface area contributed by atoms with Crippen LogP contribution in [0.25, 0.3) is 11.0 Å². The predicted octanol–water partition coefficient (Wildman–Crippen LogP) is 3.55. The van der Waals surface area contributed by atoms with Gasteiger partial charge in [0.1, 0.15) is 40.8 Å². The molecule has 0 saturated carbocycles. The molecule has 1 unspecified atom stereocenters. The van der Waals surface area contributed by atoms with E-state index >= 15 is 0 Å². The highest BCUT2D eigenvalue weighted by atomic mass is 35.5. The molecule has 5 rings (SSSR count). The summed E-state index contributed by atoms with van der Waals surface area (Å²) in [4.78, 5) is 20.4. The third-order valence-electron chi connectivity index (χ3n) is 6.40. The standard InChI is InChI=1S/C27H28N6O2.ClH/c28-16-23-24-25(27(34)32(19-30-24)14-15-35-22-11-5-2-6-12-22)33(17-20-8-3-1-4-9-20)26(23)31-13-7-10-21(29)18-31;/h1-6,8-9,11-12,19,21H,7,10,13-15,17-18,29H2;1H. The summed E-state index contributed by atoms with van der Waals surface area (Å²) in [6.45, 7) is 2.56. The normalized spacial score (nSPS) is 15.3. The molecule has 1 aliphatic heterocycles. The van der Waals surface area contributed by atoms with E-state index in [9.17, 15) is 10.1 Å². The molecule has 1 atom stereocenters. The van der Waals surface area contributed by atoms with Crippen LogP contribution in [0.15, 0.2) is 71.8 Å². The van der Waals surface area contributed by atoms with E-state index in [1.165, 1.54) is 6.33 Å². The number of nitriles is 1. The fourth-order valence-electron chi connectivity index (χ4n) is 4.74. The Balaban J connectivity index is 0.00000304. The van der Waals surface area contributed by atoms with Crippen LogP contribution in [0.5, 0.6) is 5.75 Å². The van der Waals surface area contributed by atoms with Crippen molar-refractivity contribution in [2.45, 2.75) is 32.0 Å². The second kappa shape index (κ2) is 11.3. The number of hydrogen-bond donors (Lipinski definition) is 1. The van der Waals surface area contributed by atoms with Gasteiger partial charge in [-0.05, 0) is 30.5 Å². The highest BCUT2D eigenvalue weighted by Gasteiger charge is 2.28. The number of piperidine rings is 1. The zero-order valence-electron chi connectivity index (χ0n) is 19.9. The quantitative estimate of drug-likeness (QED) is 0.413.